The molecule has 0 radical (unpaired) electrons. The Balaban J connectivity index is 2.27. The summed E-state index contributed by atoms with van der Waals surface area (Å²) in [6.45, 7) is 5.54. The molecule has 0 saturated heterocycles. The summed E-state index contributed by atoms with van der Waals surface area (Å²) in [7, 11) is 1.52. The summed E-state index contributed by atoms with van der Waals surface area (Å²) in [5.41, 5.74) is 0.510. The van der Waals surface area contributed by atoms with Gasteiger partial charge < -0.3 is 19.1 Å². The number of nitrogens with zero attached hydrogens (tertiary/aromatic N) is 1. The van der Waals surface area contributed by atoms with Crippen LogP contribution < -0.4 is 15.0 Å². The Morgan fingerprint density at radius 2 is 1.55 bits per heavy atom. The number of phenolic OH excluding ortho intramolecular Hbond substituents is 1. The fourth-order valence-electron chi connectivity index (χ4n) is 3.69. The molecule has 0 aliphatic carbocycles. The van der Waals surface area contributed by atoms with E-state index in [0.29, 0.717) is 24.4 Å². The van der Waals surface area contributed by atoms with Gasteiger partial charge >= 0.3 is 0 Å². The Morgan fingerprint density at radius 1 is 0.897 bits per heavy atom. The van der Waals surface area contributed by atoms with E-state index in [-0.39, 0.29) is 17.1 Å². The Morgan fingerprint density at radius 3 is 2.24 bits per heavy atom. The number of benzene rings is 1. The molecule has 0 aliphatic heterocycles. The predicted octanol–water partition coefficient (Wildman–Crippen LogP) is 6.04. The third kappa shape index (κ3) is 6.41. The standard InChI is InChI=1S/C24H37NO4/c1-4-6-8-10-11-12-16-25-21-18-19(26)14-15-20(21)22(23(28-3)24(25)27)29-17-13-9-7-5-2/h14-15,18,26H,4-13,16-17H2,1-3H3. The van der Waals surface area contributed by atoms with Crippen LogP contribution in [0.25, 0.3) is 10.9 Å². The van der Waals surface area contributed by atoms with Crippen molar-refractivity contribution in [1.29, 1.82) is 0 Å². The van der Waals surface area contributed by atoms with Crippen LogP contribution in [-0.4, -0.2) is 23.4 Å². The van der Waals surface area contributed by atoms with Gasteiger partial charge in [0.2, 0.25) is 5.75 Å². The second-order valence-corrected chi connectivity index (χ2v) is 7.70. The average Bonchev–Trinajstić information content (AvgIpc) is 2.72. The van der Waals surface area contributed by atoms with E-state index in [2.05, 4.69) is 13.8 Å². The minimum atomic E-state index is -0.192. The van der Waals surface area contributed by atoms with E-state index in [0.717, 1.165) is 31.1 Å². The molecule has 1 N–H and O–H groups in total. The van der Waals surface area contributed by atoms with E-state index in [4.69, 9.17) is 9.47 Å². The lowest BCUT2D eigenvalue weighted by Gasteiger charge is -2.18. The molecule has 5 heteroatoms. The molecule has 0 atom stereocenters. The van der Waals surface area contributed by atoms with Crippen LogP contribution in [0.1, 0.15) is 78.1 Å². The van der Waals surface area contributed by atoms with Crippen molar-refractivity contribution >= 4 is 10.9 Å². The first-order valence-electron chi connectivity index (χ1n) is 11.2. The molecular formula is C24H37NO4. The number of aryl methyl sites for hydroxylation is 1. The van der Waals surface area contributed by atoms with Gasteiger partial charge in [0.1, 0.15) is 5.75 Å². The fourth-order valence-corrected chi connectivity index (χ4v) is 3.69. The summed E-state index contributed by atoms with van der Waals surface area (Å²) in [5.74, 6) is 0.889. The monoisotopic (exact) mass is 403 g/mol. The summed E-state index contributed by atoms with van der Waals surface area (Å²) in [4.78, 5) is 13.1. The van der Waals surface area contributed by atoms with Crippen molar-refractivity contribution in [2.24, 2.45) is 0 Å². The molecule has 2 aromatic rings. The third-order valence-corrected chi connectivity index (χ3v) is 5.35. The number of aromatic hydroxyl groups is 1. The van der Waals surface area contributed by atoms with Crippen molar-refractivity contribution in [2.45, 2.75) is 84.6 Å². The van der Waals surface area contributed by atoms with Gasteiger partial charge in [-0.15, -0.1) is 0 Å². The number of rotatable bonds is 14. The number of fused-ring (bicyclic) bond motifs is 1. The summed E-state index contributed by atoms with van der Waals surface area (Å²) < 4.78 is 13.2. The van der Waals surface area contributed by atoms with Crippen molar-refractivity contribution in [2.75, 3.05) is 13.7 Å². The maximum Gasteiger partial charge on any atom is 0.297 e. The molecule has 1 aromatic carbocycles. The molecule has 0 bridgehead atoms. The molecule has 0 aliphatic rings. The van der Waals surface area contributed by atoms with E-state index >= 15 is 0 Å². The quantitative estimate of drug-likeness (QED) is 0.391. The number of hydrogen-bond acceptors (Lipinski definition) is 4. The number of phenols is 1. The zero-order chi connectivity index (χ0) is 21.1. The molecule has 2 rings (SSSR count). The zero-order valence-corrected chi connectivity index (χ0v) is 18.3. The van der Waals surface area contributed by atoms with Crippen LogP contribution in [0.3, 0.4) is 0 Å². The van der Waals surface area contributed by atoms with Gasteiger partial charge in [-0.1, -0.05) is 65.2 Å². The van der Waals surface area contributed by atoms with E-state index in [9.17, 15) is 9.90 Å². The maximum absolute atomic E-state index is 13.1. The number of aromatic nitrogens is 1. The van der Waals surface area contributed by atoms with Crippen molar-refractivity contribution in [3.63, 3.8) is 0 Å². The number of pyridine rings is 1. The molecule has 162 valence electrons. The Hall–Kier alpha value is -2.17. The van der Waals surface area contributed by atoms with Gasteiger partial charge in [0.15, 0.2) is 5.75 Å². The largest absolute Gasteiger partial charge is 0.508 e. The maximum atomic E-state index is 13.1. The van der Waals surface area contributed by atoms with Crippen molar-refractivity contribution in [3.05, 3.63) is 28.6 Å². The lowest BCUT2D eigenvalue weighted by atomic mass is 10.1. The van der Waals surface area contributed by atoms with Crippen LogP contribution >= 0.6 is 0 Å². The first-order chi connectivity index (χ1) is 14.1. The highest BCUT2D eigenvalue weighted by Gasteiger charge is 2.19. The van der Waals surface area contributed by atoms with E-state index in [1.807, 2.05) is 6.07 Å². The summed E-state index contributed by atoms with van der Waals surface area (Å²) >= 11 is 0. The van der Waals surface area contributed by atoms with Gasteiger partial charge in [-0.05, 0) is 25.0 Å². The Bertz CT molecular complexity index is 813. The van der Waals surface area contributed by atoms with E-state index in [1.54, 1.807) is 16.7 Å². The number of unbranched alkanes of at least 4 members (excludes halogenated alkanes) is 8. The minimum absolute atomic E-state index is 0.146. The highest BCUT2D eigenvalue weighted by Crippen LogP contribution is 2.34. The highest BCUT2D eigenvalue weighted by molar-refractivity contribution is 5.89. The van der Waals surface area contributed by atoms with Gasteiger partial charge in [-0.3, -0.25) is 4.79 Å². The summed E-state index contributed by atoms with van der Waals surface area (Å²) in [6.07, 6.45) is 11.3. The average molecular weight is 404 g/mol. The molecular weight excluding hydrogens is 366 g/mol. The normalized spacial score (nSPS) is 11.1. The molecule has 0 unspecified atom stereocenters. The molecule has 0 saturated carbocycles. The van der Waals surface area contributed by atoms with Crippen LogP contribution in [0.2, 0.25) is 0 Å². The first kappa shape index (κ1) is 23.1. The smallest absolute Gasteiger partial charge is 0.297 e. The first-order valence-corrected chi connectivity index (χ1v) is 11.2. The molecule has 5 nitrogen and oxygen atoms in total. The summed E-state index contributed by atoms with van der Waals surface area (Å²) in [5, 5.41) is 10.8. The zero-order valence-electron chi connectivity index (χ0n) is 18.3. The second-order valence-electron chi connectivity index (χ2n) is 7.70. The third-order valence-electron chi connectivity index (χ3n) is 5.35. The van der Waals surface area contributed by atoms with Gasteiger partial charge in [0, 0.05) is 18.0 Å². The van der Waals surface area contributed by atoms with Crippen LogP contribution in [-0.2, 0) is 6.54 Å². The predicted molar refractivity (Wildman–Crippen MR) is 119 cm³/mol. The lowest BCUT2D eigenvalue weighted by Crippen LogP contribution is -2.23. The lowest BCUT2D eigenvalue weighted by molar-refractivity contribution is 0.285. The number of hydrogen-bond donors (Lipinski definition) is 1. The molecule has 29 heavy (non-hydrogen) atoms. The van der Waals surface area contributed by atoms with Gasteiger partial charge in [0.25, 0.3) is 5.56 Å². The summed E-state index contributed by atoms with van der Waals surface area (Å²) in [6, 6.07) is 5.09. The molecule has 1 heterocycles. The van der Waals surface area contributed by atoms with Crippen molar-refractivity contribution in [3.8, 4) is 17.2 Å². The SMILES string of the molecule is CCCCCCCCn1c(=O)c(OC)c(OCCCCCC)c2ccc(O)cc21. The van der Waals surface area contributed by atoms with Crippen molar-refractivity contribution < 1.29 is 14.6 Å². The topological polar surface area (TPSA) is 60.7 Å². The fraction of sp³-hybridized carbons (Fsp3) is 0.625. The van der Waals surface area contributed by atoms with E-state index < -0.39 is 0 Å². The van der Waals surface area contributed by atoms with Gasteiger partial charge in [-0.2, -0.15) is 0 Å². The van der Waals surface area contributed by atoms with Crippen LogP contribution in [0.5, 0.6) is 17.2 Å². The second kappa shape index (κ2) is 12.4. The minimum Gasteiger partial charge on any atom is -0.508 e. The van der Waals surface area contributed by atoms with Crippen LogP contribution in [0.4, 0.5) is 0 Å². The highest BCUT2D eigenvalue weighted by atomic mass is 16.5. The molecule has 1 aromatic heterocycles. The molecule has 0 fully saturated rings. The van der Waals surface area contributed by atoms with Crippen LogP contribution in [0.15, 0.2) is 23.0 Å². The Kier molecular flexibility index (Phi) is 9.89. The Labute approximate surface area is 174 Å². The molecule has 0 spiro atoms. The van der Waals surface area contributed by atoms with Crippen molar-refractivity contribution in [1.82, 2.24) is 4.57 Å². The van der Waals surface area contributed by atoms with Gasteiger partial charge in [0.05, 0.1) is 19.2 Å². The van der Waals surface area contributed by atoms with Gasteiger partial charge in [-0.25, -0.2) is 0 Å². The number of ether oxygens (including phenoxy) is 2. The molecule has 0 amide bonds. The van der Waals surface area contributed by atoms with E-state index in [1.165, 1.54) is 45.6 Å². The van der Waals surface area contributed by atoms with Crippen LogP contribution in [0, 0.1) is 0 Å². The number of methoxy groups -OCH3 is 1.